The van der Waals surface area contributed by atoms with Gasteiger partial charge in [0.05, 0.1) is 23.6 Å². The lowest BCUT2D eigenvalue weighted by atomic mass is 9.88. The van der Waals surface area contributed by atoms with Gasteiger partial charge >= 0.3 is 5.97 Å². The minimum Gasteiger partial charge on any atom is -0.457 e. The predicted molar refractivity (Wildman–Crippen MR) is 124 cm³/mol. The molecule has 5 rings (SSSR count). The molecule has 2 aliphatic heterocycles. The van der Waals surface area contributed by atoms with E-state index in [0.29, 0.717) is 23.5 Å². The molecule has 1 saturated heterocycles. The molecule has 0 bridgehead atoms. The minimum absolute atomic E-state index is 0.227. The molecule has 0 aliphatic carbocycles. The summed E-state index contributed by atoms with van der Waals surface area (Å²) < 4.78 is 6.59. The fraction of sp³-hybridized carbons (Fsp3) is 0.417. The molecule has 1 unspecified atom stereocenters. The first-order valence-corrected chi connectivity index (χ1v) is 11.5. The summed E-state index contributed by atoms with van der Waals surface area (Å²) in [5, 5.41) is 25.0. The number of β-amino-alcohol motifs (C(OH)–C–C–N with tert-alkyl or cyclic N) is 1. The Hall–Kier alpha value is -3.70. The highest BCUT2D eigenvalue weighted by Gasteiger charge is 2.33. The van der Waals surface area contributed by atoms with Crippen molar-refractivity contribution < 1.29 is 19.4 Å². The molecule has 182 valence electrons. The fourth-order valence-corrected chi connectivity index (χ4v) is 4.70. The number of piperidine rings is 1. The van der Waals surface area contributed by atoms with Crippen LogP contribution in [0.15, 0.2) is 36.8 Å². The largest absolute Gasteiger partial charge is 0.457 e. The van der Waals surface area contributed by atoms with Crippen molar-refractivity contribution in [1.82, 2.24) is 35.4 Å². The quantitative estimate of drug-likeness (QED) is 0.504. The number of cyclic esters (lactones) is 1. The van der Waals surface area contributed by atoms with Crippen LogP contribution < -0.4 is 5.32 Å². The van der Waals surface area contributed by atoms with Crippen LogP contribution in [-0.2, 0) is 11.3 Å². The van der Waals surface area contributed by atoms with Crippen LogP contribution in [0.25, 0.3) is 5.69 Å². The van der Waals surface area contributed by atoms with Gasteiger partial charge in [-0.1, -0.05) is 6.07 Å². The van der Waals surface area contributed by atoms with E-state index in [-0.39, 0.29) is 24.0 Å². The van der Waals surface area contributed by atoms with Crippen molar-refractivity contribution in [1.29, 1.82) is 0 Å². The molecule has 1 atom stereocenters. The van der Waals surface area contributed by atoms with Crippen molar-refractivity contribution in [2.45, 2.75) is 44.9 Å². The summed E-state index contributed by atoms with van der Waals surface area (Å²) in [5.74, 6) is -0.532. The number of hydrogen-bond donors (Lipinski definition) is 2. The van der Waals surface area contributed by atoms with Crippen molar-refractivity contribution in [2.24, 2.45) is 0 Å². The monoisotopic (exact) mass is 477 g/mol. The van der Waals surface area contributed by atoms with Crippen LogP contribution in [0.2, 0.25) is 0 Å². The third-order valence-electron chi connectivity index (χ3n) is 6.97. The number of benzene rings is 1. The summed E-state index contributed by atoms with van der Waals surface area (Å²) in [6, 6.07) is 6.95. The Morgan fingerprint density at radius 3 is 2.74 bits per heavy atom. The first-order valence-electron chi connectivity index (χ1n) is 11.5. The average Bonchev–Trinajstić information content (AvgIpc) is 3.52. The Balaban J connectivity index is 1.16. The first kappa shape index (κ1) is 23.1. The second-order valence-corrected chi connectivity index (χ2v) is 9.37. The molecule has 35 heavy (non-hydrogen) atoms. The topological polar surface area (TPSA) is 135 Å². The van der Waals surface area contributed by atoms with E-state index in [9.17, 15) is 14.7 Å². The van der Waals surface area contributed by atoms with Crippen LogP contribution in [0.3, 0.4) is 0 Å². The van der Waals surface area contributed by atoms with Gasteiger partial charge < -0.3 is 20.1 Å². The van der Waals surface area contributed by atoms with Gasteiger partial charge in [-0.25, -0.2) is 9.78 Å². The van der Waals surface area contributed by atoms with E-state index < -0.39 is 6.10 Å². The fourth-order valence-electron chi connectivity index (χ4n) is 4.70. The van der Waals surface area contributed by atoms with E-state index in [0.717, 1.165) is 42.6 Å². The van der Waals surface area contributed by atoms with Crippen LogP contribution in [0.1, 0.15) is 63.4 Å². The molecule has 0 spiro atoms. The number of amides is 1. The SMILES string of the molecule is Cc1c(C(O)CN2CCC(C)(NC(=O)c3ccc(-n4cnnn4)cn3)CC2)ccc2c1COC2=O. The molecule has 3 aromatic rings. The number of ether oxygens (including phenoxy) is 1. The number of pyridine rings is 1. The second kappa shape index (κ2) is 9.16. The van der Waals surface area contributed by atoms with Crippen LogP contribution >= 0.6 is 0 Å². The Morgan fingerprint density at radius 2 is 2.06 bits per heavy atom. The molecule has 1 fully saturated rings. The maximum Gasteiger partial charge on any atom is 0.338 e. The van der Waals surface area contributed by atoms with Gasteiger partial charge in [-0.2, -0.15) is 4.68 Å². The number of tetrazole rings is 1. The van der Waals surface area contributed by atoms with Gasteiger partial charge in [-0.3, -0.25) is 4.79 Å². The molecule has 11 heteroatoms. The number of carbonyl (C=O) groups excluding carboxylic acids is 2. The van der Waals surface area contributed by atoms with E-state index in [2.05, 4.69) is 30.7 Å². The van der Waals surface area contributed by atoms with Gasteiger partial charge in [0.1, 0.15) is 18.6 Å². The summed E-state index contributed by atoms with van der Waals surface area (Å²) >= 11 is 0. The second-order valence-electron chi connectivity index (χ2n) is 9.37. The average molecular weight is 478 g/mol. The van der Waals surface area contributed by atoms with Crippen molar-refractivity contribution >= 4 is 11.9 Å². The molecule has 1 aromatic carbocycles. The van der Waals surface area contributed by atoms with Crippen LogP contribution in [-0.4, -0.2) is 72.2 Å². The molecular weight excluding hydrogens is 450 g/mol. The Bertz CT molecular complexity index is 1240. The number of aliphatic hydroxyl groups excluding tert-OH is 1. The molecule has 11 nitrogen and oxygen atoms in total. The lowest BCUT2D eigenvalue weighted by Gasteiger charge is -2.40. The van der Waals surface area contributed by atoms with E-state index in [1.54, 1.807) is 24.4 Å². The number of rotatable bonds is 6. The van der Waals surface area contributed by atoms with Gasteiger partial charge in [0, 0.05) is 30.7 Å². The maximum absolute atomic E-state index is 12.8. The zero-order valence-electron chi connectivity index (χ0n) is 19.6. The van der Waals surface area contributed by atoms with Crippen LogP contribution in [0, 0.1) is 6.92 Å². The molecule has 0 saturated carbocycles. The zero-order chi connectivity index (χ0) is 24.6. The van der Waals surface area contributed by atoms with E-state index in [4.69, 9.17) is 4.74 Å². The Labute approximate surface area is 202 Å². The number of esters is 1. The standard InChI is InChI=1S/C24H27N7O4/c1-15-17(4-5-18-19(15)13-35-23(18)34)21(32)12-30-9-7-24(2,8-10-30)27-22(33)20-6-3-16(11-25-20)31-14-26-28-29-31/h3-6,11,14,21,32H,7-10,12-13H2,1-2H3,(H,27,33). The number of aliphatic hydroxyl groups is 1. The van der Waals surface area contributed by atoms with Crippen molar-refractivity contribution in [2.75, 3.05) is 19.6 Å². The van der Waals surface area contributed by atoms with Gasteiger partial charge in [0.25, 0.3) is 5.91 Å². The number of aromatic nitrogens is 5. The molecule has 2 aromatic heterocycles. The molecular formula is C24H27N7O4. The van der Waals surface area contributed by atoms with Gasteiger partial charge in [0.15, 0.2) is 0 Å². The van der Waals surface area contributed by atoms with Crippen molar-refractivity contribution in [3.63, 3.8) is 0 Å². The van der Waals surface area contributed by atoms with Crippen LogP contribution in [0.4, 0.5) is 0 Å². The van der Waals surface area contributed by atoms with Gasteiger partial charge in [-0.05, 0) is 66.4 Å². The number of likely N-dealkylation sites (tertiary alicyclic amines) is 1. The molecule has 1 amide bonds. The third kappa shape index (κ3) is 4.64. The number of hydrogen-bond acceptors (Lipinski definition) is 9. The highest BCUT2D eigenvalue weighted by Crippen LogP contribution is 2.30. The van der Waals surface area contributed by atoms with Crippen LogP contribution in [0.5, 0.6) is 0 Å². The number of nitrogens with zero attached hydrogens (tertiary/aromatic N) is 6. The molecule has 2 aliphatic rings. The number of fused-ring (bicyclic) bond motifs is 1. The number of carbonyl (C=O) groups is 2. The van der Waals surface area contributed by atoms with Crippen molar-refractivity contribution in [3.8, 4) is 5.69 Å². The first-order chi connectivity index (χ1) is 16.8. The number of nitrogens with one attached hydrogen (secondary N) is 1. The van der Waals surface area contributed by atoms with Gasteiger partial charge in [-0.15, -0.1) is 5.10 Å². The Morgan fingerprint density at radius 1 is 1.26 bits per heavy atom. The van der Waals surface area contributed by atoms with Crippen molar-refractivity contribution in [3.05, 3.63) is 64.7 Å². The zero-order valence-corrected chi connectivity index (χ0v) is 19.6. The lowest BCUT2D eigenvalue weighted by molar-refractivity contribution is 0.0534. The van der Waals surface area contributed by atoms with E-state index in [1.807, 2.05) is 19.9 Å². The maximum atomic E-state index is 12.8. The summed E-state index contributed by atoms with van der Waals surface area (Å²) in [6.45, 7) is 6.19. The third-order valence-corrected chi connectivity index (χ3v) is 6.97. The molecule has 2 N–H and O–H groups in total. The lowest BCUT2D eigenvalue weighted by Crippen LogP contribution is -2.53. The highest BCUT2D eigenvalue weighted by molar-refractivity contribution is 5.94. The molecule has 4 heterocycles. The normalized spacial score (nSPS) is 18.1. The van der Waals surface area contributed by atoms with Gasteiger partial charge in [0.2, 0.25) is 0 Å². The summed E-state index contributed by atoms with van der Waals surface area (Å²) in [7, 11) is 0. The van der Waals surface area contributed by atoms with E-state index in [1.165, 1.54) is 11.0 Å². The Kier molecular flexibility index (Phi) is 6.03. The summed E-state index contributed by atoms with van der Waals surface area (Å²) in [6.07, 6.45) is 3.85. The highest BCUT2D eigenvalue weighted by atomic mass is 16.5. The smallest absolute Gasteiger partial charge is 0.338 e. The summed E-state index contributed by atoms with van der Waals surface area (Å²) in [4.78, 5) is 31.0. The summed E-state index contributed by atoms with van der Waals surface area (Å²) in [5.41, 5.74) is 3.81. The van der Waals surface area contributed by atoms with E-state index >= 15 is 0 Å². The predicted octanol–water partition coefficient (Wildman–Crippen LogP) is 1.35. The molecule has 0 radical (unpaired) electrons. The minimum atomic E-state index is -0.669.